The molecule has 1 amide bonds. The van der Waals surface area contributed by atoms with E-state index in [9.17, 15) is 4.79 Å². The van der Waals surface area contributed by atoms with Crippen molar-refractivity contribution in [2.45, 2.75) is 19.0 Å². The van der Waals surface area contributed by atoms with Gasteiger partial charge in [0.2, 0.25) is 5.91 Å². The Morgan fingerprint density at radius 2 is 2.05 bits per heavy atom. The molecule has 0 aliphatic heterocycles. The highest BCUT2D eigenvalue weighted by Crippen LogP contribution is 2.23. The second-order valence-electron chi connectivity index (χ2n) is 4.24. The number of rotatable bonds is 4. The van der Waals surface area contributed by atoms with Crippen LogP contribution in [0.25, 0.3) is 0 Å². The van der Waals surface area contributed by atoms with Gasteiger partial charge in [0.05, 0.1) is 6.04 Å². The summed E-state index contributed by atoms with van der Waals surface area (Å²) in [5, 5.41) is 5.42. The lowest BCUT2D eigenvalue weighted by atomic mass is 10.1. The summed E-state index contributed by atoms with van der Waals surface area (Å²) in [7, 11) is 0. The fraction of sp³-hybridized carbons (Fsp3) is 0.214. The molecule has 0 saturated carbocycles. The Morgan fingerprint density at radius 1 is 1.32 bits per heavy atom. The quantitative estimate of drug-likeness (QED) is 0.909. The molecule has 100 valence electrons. The Balaban J connectivity index is 2.05. The molecule has 2 aromatic rings. The molecule has 19 heavy (non-hydrogen) atoms. The maximum Gasteiger partial charge on any atom is 0.242 e. The van der Waals surface area contributed by atoms with E-state index in [4.69, 9.17) is 17.3 Å². The first-order chi connectivity index (χ1) is 9.09. The molecular formula is C14H15ClN2OS. The van der Waals surface area contributed by atoms with Crippen molar-refractivity contribution in [3.63, 3.8) is 0 Å². The normalized spacial score (nSPS) is 13.8. The summed E-state index contributed by atoms with van der Waals surface area (Å²) < 4.78 is 0. The summed E-state index contributed by atoms with van der Waals surface area (Å²) in [6.07, 6.45) is 0. The SMILES string of the molecule is CC(NC(=O)C(N)c1cccs1)c1ccccc1Cl. The molecular weight excluding hydrogens is 280 g/mol. The third-order valence-electron chi connectivity index (χ3n) is 2.86. The van der Waals surface area contributed by atoms with Crippen LogP contribution in [-0.2, 0) is 4.79 Å². The van der Waals surface area contributed by atoms with E-state index in [0.29, 0.717) is 5.02 Å². The second kappa shape index (κ2) is 6.19. The van der Waals surface area contributed by atoms with Crippen molar-refractivity contribution in [3.8, 4) is 0 Å². The van der Waals surface area contributed by atoms with Gasteiger partial charge in [-0.15, -0.1) is 11.3 Å². The van der Waals surface area contributed by atoms with Gasteiger partial charge in [0.25, 0.3) is 0 Å². The van der Waals surface area contributed by atoms with Crippen LogP contribution in [0.2, 0.25) is 5.02 Å². The predicted octanol–water partition coefficient (Wildman–Crippen LogP) is 3.28. The minimum atomic E-state index is -0.634. The zero-order valence-electron chi connectivity index (χ0n) is 10.5. The fourth-order valence-corrected chi connectivity index (χ4v) is 2.83. The van der Waals surface area contributed by atoms with Gasteiger partial charge in [-0.1, -0.05) is 35.9 Å². The average molecular weight is 295 g/mol. The molecule has 2 unspecified atom stereocenters. The average Bonchev–Trinajstić information content (AvgIpc) is 2.92. The Morgan fingerprint density at radius 3 is 2.68 bits per heavy atom. The van der Waals surface area contributed by atoms with Crippen LogP contribution in [0.1, 0.15) is 29.4 Å². The van der Waals surface area contributed by atoms with Crippen LogP contribution in [0.15, 0.2) is 41.8 Å². The molecule has 2 rings (SSSR count). The van der Waals surface area contributed by atoms with Gasteiger partial charge in [0, 0.05) is 9.90 Å². The smallest absolute Gasteiger partial charge is 0.242 e. The van der Waals surface area contributed by atoms with Crippen LogP contribution in [0.5, 0.6) is 0 Å². The number of benzene rings is 1. The standard InChI is InChI=1S/C14H15ClN2OS/c1-9(10-5-2-3-6-11(10)15)17-14(18)13(16)12-7-4-8-19-12/h2-9,13H,16H2,1H3,(H,17,18). The monoisotopic (exact) mass is 294 g/mol. The maximum absolute atomic E-state index is 12.1. The van der Waals surface area contributed by atoms with Crippen molar-refractivity contribution >= 4 is 28.8 Å². The number of amides is 1. The molecule has 1 heterocycles. The zero-order valence-corrected chi connectivity index (χ0v) is 12.0. The molecule has 2 atom stereocenters. The first kappa shape index (κ1) is 14.1. The number of nitrogens with one attached hydrogen (secondary N) is 1. The molecule has 3 N–H and O–H groups in total. The third kappa shape index (κ3) is 3.35. The summed E-state index contributed by atoms with van der Waals surface area (Å²) in [6, 6.07) is 10.4. The second-order valence-corrected chi connectivity index (χ2v) is 5.63. The van der Waals surface area contributed by atoms with Crippen LogP contribution in [-0.4, -0.2) is 5.91 Å². The van der Waals surface area contributed by atoms with Crippen LogP contribution in [0, 0.1) is 0 Å². The van der Waals surface area contributed by atoms with Crippen molar-refractivity contribution in [1.82, 2.24) is 5.32 Å². The highest BCUT2D eigenvalue weighted by molar-refractivity contribution is 7.10. The molecule has 0 saturated heterocycles. The Kier molecular flexibility index (Phi) is 4.58. The van der Waals surface area contributed by atoms with Gasteiger partial charge in [0.1, 0.15) is 6.04 Å². The number of thiophene rings is 1. The molecule has 0 radical (unpaired) electrons. The van der Waals surface area contributed by atoms with Crippen LogP contribution < -0.4 is 11.1 Å². The lowest BCUT2D eigenvalue weighted by Gasteiger charge is -2.18. The number of halogens is 1. The minimum absolute atomic E-state index is 0.174. The first-order valence-electron chi connectivity index (χ1n) is 5.93. The van der Waals surface area contributed by atoms with Crippen molar-refractivity contribution < 1.29 is 4.79 Å². The summed E-state index contributed by atoms with van der Waals surface area (Å²) in [4.78, 5) is 12.9. The van der Waals surface area contributed by atoms with Crippen molar-refractivity contribution in [2.24, 2.45) is 5.73 Å². The van der Waals surface area contributed by atoms with Crippen molar-refractivity contribution in [2.75, 3.05) is 0 Å². The van der Waals surface area contributed by atoms with Crippen LogP contribution in [0.3, 0.4) is 0 Å². The van der Waals surface area contributed by atoms with Crippen molar-refractivity contribution in [1.29, 1.82) is 0 Å². The zero-order chi connectivity index (χ0) is 13.8. The highest BCUT2D eigenvalue weighted by Gasteiger charge is 2.19. The van der Waals surface area contributed by atoms with Crippen LogP contribution >= 0.6 is 22.9 Å². The first-order valence-corrected chi connectivity index (χ1v) is 7.19. The molecule has 0 spiro atoms. The number of carbonyl (C=O) groups excluding carboxylic acids is 1. The van der Waals surface area contributed by atoms with E-state index in [1.54, 1.807) is 6.07 Å². The van der Waals surface area contributed by atoms with Gasteiger partial charge < -0.3 is 11.1 Å². The van der Waals surface area contributed by atoms with E-state index >= 15 is 0 Å². The number of hydrogen-bond donors (Lipinski definition) is 2. The largest absolute Gasteiger partial charge is 0.348 e. The Labute approximate surface area is 121 Å². The van der Waals surface area contributed by atoms with E-state index in [2.05, 4.69) is 5.32 Å². The molecule has 0 aliphatic rings. The maximum atomic E-state index is 12.1. The lowest BCUT2D eigenvalue weighted by molar-refractivity contribution is -0.123. The van der Waals surface area contributed by atoms with E-state index in [-0.39, 0.29) is 11.9 Å². The number of carbonyl (C=O) groups is 1. The summed E-state index contributed by atoms with van der Waals surface area (Å²) in [5.41, 5.74) is 6.80. The topological polar surface area (TPSA) is 55.1 Å². The van der Waals surface area contributed by atoms with Gasteiger partial charge in [-0.05, 0) is 30.0 Å². The predicted molar refractivity (Wildman–Crippen MR) is 79.3 cm³/mol. The molecule has 5 heteroatoms. The summed E-state index contributed by atoms with van der Waals surface area (Å²) >= 11 is 7.57. The third-order valence-corrected chi connectivity index (χ3v) is 4.16. The van der Waals surface area contributed by atoms with E-state index < -0.39 is 6.04 Å². The molecule has 1 aromatic heterocycles. The van der Waals surface area contributed by atoms with Gasteiger partial charge in [-0.25, -0.2) is 0 Å². The Hall–Kier alpha value is -1.36. The van der Waals surface area contributed by atoms with Crippen LogP contribution in [0.4, 0.5) is 0 Å². The Bertz CT molecular complexity index is 556. The molecule has 1 aromatic carbocycles. The minimum Gasteiger partial charge on any atom is -0.348 e. The van der Waals surface area contributed by atoms with Gasteiger partial charge >= 0.3 is 0 Å². The molecule has 0 bridgehead atoms. The lowest BCUT2D eigenvalue weighted by Crippen LogP contribution is -2.35. The van der Waals surface area contributed by atoms with Crippen molar-refractivity contribution in [3.05, 3.63) is 57.2 Å². The van der Waals surface area contributed by atoms with E-state index in [0.717, 1.165) is 10.4 Å². The fourth-order valence-electron chi connectivity index (χ4n) is 1.80. The van der Waals surface area contributed by atoms with Gasteiger partial charge in [-0.2, -0.15) is 0 Å². The summed E-state index contributed by atoms with van der Waals surface area (Å²) in [6.45, 7) is 1.89. The van der Waals surface area contributed by atoms with Gasteiger partial charge in [-0.3, -0.25) is 4.79 Å². The van der Waals surface area contributed by atoms with Gasteiger partial charge in [0.15, 0.2) is 0 Å². The molecule has 0 fully saturated rings. The van der Waals surface area contributed by atoms with E-state index in [1.165, 1.54) is 11.3 Å². The highest BCUT2D eigenvalue weighted by atomic mass is 35.5. The van der Waals surface area contributed by atoms with E-state index in [1.807, 2.05) is 42.6 Å². The summed E-state index contributed by atoms with van der Waals surface area (Å²) in [5.74, 6) is -0.199. The number of nitrogens with two attached hydrogens (primary N) is 1. The molecule has 0 aliphatic carbocycles. The molecule has 3 nitrogen and oxygen atoms in total. The number of hydrogen-bond acceptors (Lipinski definition) is 3.